The third-order valence-corrected chi connectivity index (χ3v) is 4.45. The van der Waals surface area contributed by atoms with Gasteiger partial charge in [-0.15, -0.1) is 0 Å². The molecule has 0 amide bonds. The van der Waals surface area contributed by atoms with Crippen molar-refractivity contribution in [2.24, 2.45) is 0 Å². The molecule has 1 unspecified atom stereocenters. The molecule has 0 aliphatic carbocycles. The van der Waals surface area contributed by atoms with E-state index in [1.165, 1.54) is 11.1 Å². The van der Waals surface area contributed by atoms with E-state index in [1.54, 1.807) is 0 Å². The molecular formula is C18H21NO. The van der Waals surface area contributed by atoms with Crippen LogP contribution < -0.4 is 0 Å². The van der Waals surface area contributed by atoms with Gasteiger partial charge in [-0.25, -0.2) is 0 Å². The molecule has 0 bridgehead atoms. The van der Waals surface area contributed by atoms with E-state index in [-0.39, 0.29) is 11.5 Å². The lowest BCUT2D eigenvalue weighted by atomic mass is 9.67. The van der Waals surface area contributed by atoms with E-state index in [1.807, 2.05) is 12.1 Å². The summed E-state index contributed by atoms with van der Waals surface area (Å²) >= 11 is 0. The molecule has 0 aromatic heterocycles. The van der Waals surface area contributed by atoms with Crippen molar-refractivity contribution in [2.45, 2.75) is 17.9 Å². The summed E-state index contributed by atoms with van der Waals surface area (Å²) in [4.78, 5) is 2.31. The van der Waals surface area contributed by atoms with Gasteiger partial charge in [-0.2, -0.15) is 0 Å². The Bertz CT molecular complexity index is 513. The van der Waals surface area contributed by atoms with Crippen LogP contribution in [0.15, 0.2) is 60.7 Å². The molecule has 1 fully saturated rings. The van der Waals surface area contributed by atoms with Gasteiger partial charge in [-0.3, -0.25) is 0 Å². The van der Waals surface area contributed by atoms with E-state index in [2.05, 4.69) is 60.5 Å². The van der Waals surface area contributed by atoms with Gasteiger partial charge in [0.05, 0.1) is 11.5 Å². The third-order valence-electron chi connectivity index (χ3n) is 4.45. The monoisotopic (exact) mass is 267 g/mol. The predicted octanol–water partition coefficient (Wildman–Crippen LogP) is 2.67. The zero-order chi connectivity index (χ0) is 14.0. The normalized spacial score (nSPS) is 22.6. The highest BCUT2D eigenvalue weighted by atomic mass is 16.3. The van der Waals surface area contributed by atoms with Crippen LogP contribution in [-0.4, -0.2) is 36.2 Å². The first-order valence-corrected chi connectivity index (χ1v) is 7.21. The van der Waals surface area contributed by atoms with Crippen molar-refractivity contribution in [2.75, 3.05) is 20.1 Å². The number of likely N-dealkylation sites (tertiary alicyclic amines) is 1. The molecule has 1 N–H and O–H groups in total. The maximum absolute atomic E-state index is 10.8. The number of piperidine rings is 1. The minimum absolute atomic E-state index is 0.324. The summed E-state index contributed by atoms with van der Waals surface area (Å²) in [6.45, 7) is 1.80. The molecule has 2 aromatic rings. The lowest BCUT2D eigenvalue weighted by Crippen LogP contribution is -2.54. The summed E-state index contributed by atoms with van der Waals surface area (Å²) in [5, 5.41) is 10.8. The molecule has 1 atom stereocenters. The van der Waals surface area contributed by atoms with Gasteiger partial charge in [0.2, 0.25) is 0 Å². The van der Waals surface area contributed by atoms with Crippen molar-refractivity contribution >= 4 is 0 Å². The number of aliphatic hydroxyl groups is 1. The zero-order valence-electron chi connectivity index (χ0n) is 11.9. The fourth-order valence-electron chi connectivity index (χ4n) is 3.40. The fraction of sp³-hybridized carbons (Fsp3) is 0.333. The molecule has 104 valence electrons. The first-order chi connectivity index (χ1) is 9.73. The van der Waals surface area contributed by atoms with Crippen LogP contribution in [0.25, 0.3) is 0 Å². The highest BCUT2D eigenvalue weighted by Crippen LogP contribution is 2.40. The number of nitrogens with zero attached hydrogens (tertiary/aromatic N) is 1. The van der Waals surface area contributed by atoms with E-state index in [9.17, 15) is 5.11 Å². The first kappa shape index (κ1) is 13.3. The van der Waals surface area contributed by atoms with E-state index in [0.29, 0.717) is 0 Å². The summed E-state index contributed by atoms with van der Waals surface area (Å²) in [6, 6.07) is 20.8. The first-order valence-electron chi connectivity index (χ1n) is 7.21. The van der Waals surface area contributed by atoms with Crippen molar-refractivity contribution in [1.29, 1.82) is 0 Å². The maximum Gasteiger partial charge on any atom is 0.0702 e. The maximum atomic E-state index is 10.8. The number of rotatable bonds is 2. The van der Waals surface area contributed by atoms with Crippen LogP contribution in [-0.2, 0) is 5.41 Å². The second-order valence-corrected chi connectivity index (χ2v) is 5.75. The fourth-order valence-corrected chi connectivity index (χ4v) is 3.40. The minimum atomic E-state index is -0.344. The summed E-state index contributed by atoms with van der Waals surface area (Å²) < 4.78 is 0. The van der Waals surface area contributed by atoms with Gasteiger partial charge in [0.15, 0.2) is 0 Å². The second-order valence-electron chi connectivity index (χ2n) is 5.75. The van der Waals surface area contributed by atoms with E-state index < -0.39 is 0 Å². The van der Waals surface area contributed by atoms with Crippen LogP contribution in [0.2, 0.25) is 0 Å². The highest BCUT2D eigenvalue weighted by molar-refractivity contribution is 5.42. The molecule has 1 aliphatic heterocycles. The molecule has 0 radical (unpaired) electrons. The average Bonchev–Trinajstić information content (AvgIpc) is 2.51. The Hall–Kier alpha value is -1.64. The molecule has 1 heterocycles. The highest BCUT2D eigenvalue weighted by Gasteiger charge is 2.44. The Morgan fingerprint density at radius 3 is 1.95 bits per heavy atom. The van der Waals surface area contributed by atoms with Gasteiger partial charge in [-0.05, 0) is 24.6 Å². The number of hydrogen-bond acceptors (Lipinski definition) is 2. The summed E-state index contributed by atoms with van der Waals surface area (Å²) in [6.07, 6.45) is 0.462. The van der Waals surface area contributed by atoms with Crippen LogP contribution in [0, 0.1) is 0 Å². The molecule has 2 aromatic carbocycles. The van der Waals surface area contributed by atoms with Crippen molar-refractivity contribution in [1.82, 2.24) is 4.90 Å². The molecule has 0 saturated carbocycles. The molecule has 2 nitrogen and oxygen atoms in total. The molecule has 1 aliphatic rings. The Labute approximate surface area is 120 Å². The van der Waals surface area contributed by atoms with Crippen molar-refractivity contribution in [3.05, 3.63) is 71.8 Å². The lowest BCUT2D eigenvalue weighted by molar-refractivity contribution is 0.0307. The lowest BCUT2D eigenvalue weighted by Gasteiger charge is -2.46. The Balaban J connectivity index is 2.17. The SMILES string of the molecule is CN1CCC(O)C(c2ccccc2)(c2ccccc2)C1. The molecule has 1 saturated heterocycles. The largest absolute Gasteiger partial charge is 0.392 e. The van der Waals surface area contributed by atoms with Crippen molar-refractivity contribution in [3.63, 3.8) is 0 Å². The molecule has 2 heteroatoms. The zero-order valence-corrected chi connectivity index (χ0v) is 11.9. The Morgan fingerprint density at radius 1 is 0.950 bits per heavy atom. The minimum Gasteiger partial charge on any atom is -0.392 e. The predicted molar refractivity (Wildman–Crippen MR) is 81.8 cm³/mol. The van der Waals surface area contributed by atoms with Gasteiger partial charge in [0.1, 0.15) is 0 Å². The Kier molecular flexibility index (Phi) is 3.60. The second kappa shape index (κ2) is 5.39. The van der Waals surface area contributed by atoms with Crippen LogP contribution in [0.3, 0.4) is 0 Å². The van der Waals surface area contributed by atoms with E-state index >= 15 is 0 Å². The smallest absolute Gasteiger partial charge is 0.0702 e. The Morgan fingerprint density at radius 2 is 1.45 bits per heavy atom. The number of likely N-dealkylation sites (N-methyl/N-ethyl adjacent to an activating group) is 1. The van der Waals surface area contributed by atoms with Gasteiger partial charge < -0.3 is 10.0 Å². The number of aliphatic hydroxyl groups excluding tert-OH is 1. The molecular weight excluding hydrogens is 246 g/mol. The van der Waals surface area contributed by atoms with Crippen LogP contribution in [0.1, 0.15) is 17.5 Å². The van der Waals surface area contributed by atoms with Crippen molar-refractivity contribution in [3.8, 4) is 0 Å². The van der Waals surface area contributed by atoms with Crippen LogP contribution in [0.5, 0.6) is 0 Å². The third kappa shape index (κ3) is 2.15. The average molecular weight is 267 g/mol. The molecule has 20 heavy (non-hydrogen) atoms. The number of hydrogen-bond donors (Lipinski definition) is 1. The van der Waals surface area contributed by atoms with Crippen molar-refractivity contribution < 1.29 is 5.11 Å². The summed E-state index contributed by atoms with van der Waals surface area (Å²) in [5.74, 6) is 0. The standard InChI is InChI=1S/C18H21NO/c1-19-13-12-17(20)18(14-19,15-8-4-2-5-9-15)16-10-6-3-7-11-16/h2-11,17,20H,12-14H2,1H3. The van der Waals surface area contributed by atoms with Crippen LogP contribution >= 0.6 is 0 Å². The number of benzene rings is 2. The molecule has 3 rings (SSSR count). The van der Waals surface area contributed by atoms with Gasteiger partial charge >= 0.3 is 0 Å². The van der Waals surface area contributed by atoms with Crippen LogP contribution in [0.4, 0.5) is 0 Å². The van der Waals surface area contributed by atoms with Gasteiger partial charge in [0.25, 0.3) is 0 Å². The van der Waals surface area contributed by atoms with Gasteiger partial charge in [0, 0.05) is 13.1 Å². The summed E-state index contributed by atoms with van der Waals surface area (Å²) in [5.41, 5.74) is 2.07. The van der Waals surface area contributed by atoms with Gasteiger partial charge in [-0.1, -0.05) is 60.7 Å². The van der Waals surface area contributed by atoms with E-state index in [0.717, 1.165) is 19.5 Å². The topological polar surface area (TPSA) is 23.5 Å². The summed E-state index contributed by atoms with van der Waals surface area (Å²) in [7, 11) is 2.13. The van der Waals surface area contributed by atoms with E-state index in [4.69, 9.17) is 0 Å². The quantitative estimate of drug-likeness (QED) is 0.904. The molecule has 0 spiro atoms.